The second-order valence-electron chi connectivity index (χ2n) is 8.28. The van der Waals surface area contributed by atoms with Crippen LogP contribution in [0.25, 0.3) is 0 Å². The maximum Gasteiger partial charge on any atom is 0.226 e. The van der Waals surface area contributed by atoms with E-state index in [0.717, 1.165) is 36.7 Å². The summed E-state index contributed by atoms with van der Waals surface area (Å²) in [6.07, 6.45) is 4.47. The lowest BCUT2D eigenvalue weighted by Crippen LogP contribution is -2.41. The van der Waals surface area contributed by atoms with Gasteiger partial charge in [0, 0.05) is 13.1 Å². The molecule has 0 bridgehead atoms. The minimum Gasteiger partial charge on any atom is -0.493 e. The fourth-order valence-corrected chi connectivity index (χ4v) is 4.73. The molecule has 2 fully saturated rings. The molecule has 1 aliphatic carbocycles. The van der Waals surface area contributed by atoms with Gasteiger partial charge in [-0.05, 0) is 69.1 Å². The maximum absolute atomic E-state index is 12.6. The van der Waals surface area contributed by atoms with Crippen molar-refractivity contribution in [2.24, 2.45) is 11.8 Å². The first-order valence-electron chi connectivity index (χ1n) is 10.0. The minimum absolute atomic E-state index is 0.117. The third-order valence-electron chi connectivity index (χ3n) is 5.61. The molecule has 0 aromatic heterocycles. The van der Waals surface area contributed by atoms with Gasteiger partial charge in [-0.1, -0.05) is 12.1 Å². The van der Waals surface area contributed by atoms with Crippen LogP contribution in [0.4, 0.5) is 0 Å². The van der Waals surface area contributed by atoms with E-state index in [1.165, 1.54) is 12.8 Å². The first-order chi connectivity index (χ1) is 12.8. The number of carbonyl (C=O) groups excluding carboxylic acids is 1. The van der Waals surface area contributed by atoms with E-state index >= 15 is 0 Å². The highest BCUT2D eigenvalue weighted by Gasteiger charge is 2.28. The molecule has 0 unspecified atom stereocenters. The van der Waals surface area contributed by atoms with Crippen LogP contribution in [0.3, 0.4) is 0 Å². The fourth-order valence-electron chi connectivity index (χ4n) is 3.36. The Kier molecular flexibility index (Phi) is 6.45. The van der Waals surface area contributed by atoms with E-state index in [4.69, 9.17) is 4.74 Å². The van der Waals surface area contributed by atoms with Crippen LogP contribution < -0.4 is 4.74 Å². The molecule has 6 heteroatoms. The van der Waals surface area contributed by atoms with E-state index in [2.05, 4.69) is 0 Å². The molecule has 1 saturated carbocycles. The second kappa shape index (κ2) is 8.63. The van der Waals surface area contributed by atoms with Crippen molar-refractivity contribution >= 4 is 15.7 Å². The Labute approximate surface area is 163 Å². The summed E-state index contributed by atoms with van der Waals surface area (Å²) in [6, 6.07) is 7.80. The normalized spacial score (nSPS) is 18.7. The second-order valence-corrected chi connectivity index (χ2v) is 10.9. The largest absolute Gasteiger partial charge is 0.493 e. The Morgan fingerprint density at radius 2 is 1.70 bits per heavy atom. The van der Waals surface area contributed by atoms with Crippen molar-refractivity contribution in [1.29, 1.82) is 0 Å². The predicted octanol–water partition coefficient (Wildman–Crippen LogP) is 3.08. The van der Waals surface area contributed by atoms with Crippen molar-refractivity contribution in [1.82, 2.24) is 4.90 Å². The lowest BCUT2D eigenvalue weighted by Gasteiger charge is -2.32. The van der Waals surface area contributed by atoms with Crippen LogP contribution >= 0.6 is 0 Å². The van der Waals surface area contributed by atoms with E-state index in [-0.39, 0.29) is 22.8 Å². The molecule has 1 aliphatic heterocycles. The zero-order valence-corrected chi connectivity index (χ0v) is 17.2. The van der Waals surface area contributed by atoms with Gasteiger partial charge in [0.25, 0.3) is 0 Å². The monoisotopic (exact) mass is 393 g/mol. The molecule has 1 saturated heterocycles. The van der Waals surface area contributed by atoms with Crippen molar-refractivity contribution in [2.75, 3.05) is 25.4 Å². The van der Waals surface area contributed by atoms with Crippen LogP contribution in [-0.4, -0.2) is 49.9 Å². The summed E-state index contributed by atoms with van der Waals surface area (Å²) in [5, 5.41) is -0.326. The molecular formula is C21H31NO4S. The highest BCUT2D eigenvalue weighted by molar-refractivity contribution is 7.91. The summed E-state index contributed by atoms with van der Waals surface area (Å²) in [5.41, 5.74) is 0.989. The lowest BCUT2D eigenvalue weighted by atomic mass is 9.98. The summed E-state index contributed by atoms with van der Waals surface area (Å²) >= 11 is 0. The van der Waals surface area contributed by atoms with Crippen LogP contribution in [0.1, 0.15) is 45.1 Å². The summed E-state index contributed by atoms with van der Waals surface area (Å²) in [5.74, 6) is 2.13. The smallest absolute Gasteiger partial charge is 0.226 e. The highest BCUT2D eigenvalue weighted by atomic mass is 32.2. The molecule has 0 spiro atoms. The average Bonchev–Trinajstić information content (AvgIpc) is 3.46. The Balaban J connectivity index is 1.43. The Morgan fingerprint density at radius 3 is 2.26 bits per heavy atom. The first kappa shape index (κ1) is 20.2. The molecule has 5 nitrogen and oxygen atoms in total. The summed E-state index contributed by atoms with van der Waals surface area (Å²) in [6.45, 7) is 5.56. The van der Waals surface area contributed by atoms with Crippen molar-refractivity contribution in [3.8, 4) is 5.75 Å². The number of nitrogens with zero attached hydrogens (tertiary/aromatic N) is 1. The minimum atomic E-state index is -3.01. The van der Waals surface area contributed by atoms with Gasteiger partial charge >= 0.3 is 0 Å². The summed E-state index contributed by atoms with van der Waals surface area (Å²) in [4.78, 5) is 14.4. The van der Waals surface area contributed by atoms with Gasteiger partial charge in [-0.15, -0.1) is 0 Å². The van der Waals surface area contributed by atoms with Crippen molar-refractivity contribution < 1.29 is 17.9 Å². The molecule has 27 heavy (non-hydrogen) atoms. The topological polar surface area (TPSA) is 63.7 Å². The van der Waals surface area contributed by atoms with E-state index in [0.29, 0.717) is 19.5 Å². The Bertz CT molecular complexity index is 730. The number of amides is 1. The third-order valence-corrected chi connectivity index (χ3v) is 7.99. The van der Waals surface area contributed by atoms with Crippen LogP contribution in [-0.2, 0) is 21.1 Å². The van der Waals surface area contributed by atoms with Gasteiger partial charge in [0.1, 0.15) is 5.75 Å². The summed E-state index contributed by atoms with van der Waals surface area (Å²) in [7, 11) is -3.01. The van der Waals surface area contributed by atoms with Crippen LogP contribution in [0.5, 0.6) is 5.75 Å². The van der Waals surface area contributed by atoms with Gasteiger partial charge in [-0.2, -0.15) is 0 Å². The van der Waals surface area contributed by atoms with Gasteiger partial charge < -0.3 is 9.64 Å². The fraction of sp³-hybridized carbons (Fsp3) is 0.667. The number of benzene rings is 1. The molecule has 1 heterocycles. The average molecular weight is 394 g/mol. The standard InChI is InChI=1S/C21H31NO4S/c1-16(2)27(24,25)15-19-9-11-22(12-10-19)21(23)13-17-5-7-20(8-6-17)26-14-18-3-4-18/h5-8,16,18-19H,3-4,9-15H2,1-2H3. The van der Waals surface area contributed by atoms with Crippen molar-refractivity contribution in [3.63, 3.8) is 0 Å². The van der Waals surface area contributed by atoms with E-state index in [1.54, 1.807) is 13.8 Å². The van der Waals surface area contributed by atoms with Crippen LogP contribution in [0.15, 0.2) is 24.3 Å². The first-order valence-corrected chi connectivity index (χ1v) is 11.8. The number of hydrogen-bond donors (Lipinski definition) is 0. The number of sulfone groups is 1. The molecule has 150 valence electrons. The quantitative estimate of drug-likeness (QED) is 0.681. The maximum atomic E-state index is 12.6. The molecule has 0 radical (unpaired) electrons. The van der Waals surface area contributed by atoms with E-state index < -0.39 is 9.84 Å². The van der Waals surface area contributed by atoms with E-state index in [9.17, 15) is 13.2 Å². The molecule has 3 rings (SSSR count). The van der Waals surface area contributed by atoms with Crippen molar-refractivity contribution in [2.45, 2.75) is 51.2 Å². The predicted molar refractivity (Wildman–Crippen MR) is 107 cm³/mol. The van der Waals surface area contributed by atoms with Crippen LogP contribution in [0, 0.1) is 11.8 Å². The highest BCUT2D eigenvalue weighted by Crippen LogP contribution is 2.29. The van der Waals surface area contributed by atoms with Gasteiger partial charge in [0.2, 0.25) is 5.91 Å². The number of hydrogen-bond acceptors (Lipinski definition) is 4. The summed E-state index contributed by atoms with van der Waals surface area (Å²) < 4.78 is 29.9. The van der Waals surface area contributed by atoms with Crippen molar-refractivity contribution in [3.05, 3.63) is 29.8 Å². The lowest BCUT2D eigenvalue weighted by molar-refractivity contribution is -0.131. The molecule has 0 atom stereocenters. The molecule has 2 aliphatic rings. The van der Waals surface area contributed by atoms with Gasteiger partial charge in [0.05, 0.1) is 24.0 Å². The Morgan fingerprint density at radius 1 is 1.07 bits per heavy atom. The van der Waals surface area contributed by atoms with Crippen LogP contribution in [0.2, 0.25) is 0 Å². The molecule has 1 aromatic carbocycles. The van der Waals surface area contributed by atoms with Gasteiger partial charge in [0.15, 0.2) is 9.84 Å². The van der Waals surface area contributed by atoms with Gasteiger partial charge in [-0.25, -0.2) is 8.42 Å². The molecule has 0 N–H and O–H groups in total. The zero-order chi connectivity index (χ0) is 19.4. The number of likely N-dealkylation sites (tertiary alicyclic amines) is 1. The Hall–Kier alpha value is -1.56. The number of piperidine rings is 1. The third kappa shape index (κ3) is 5.96. The number of rotatable bonds is 8. The van der Waals surface area contributed by atoms with Gasteiger partial charge in [-0.3, -0.25) is 4.79 Å². The number of ether oxygens (including phenoxy) is 1. The van der Waals surface area contributed by atoms with E-state index in [1.807, 2.05) is 29.2 Å². The molecule has 1 amide bonds. The molecule has 1 aromatic rings. The zero-order valence-electron chi connectivity index (χ0n) is 16.4. The number of carbonyl (C=O) groups is 1. The SMILES string of the molecule is CC(C)S(=O)(=O)CC1CCN(C(=O)Cc2ccc(OCC3CC3)cc2)CC1. The molecular weight excluding hydrogens is 362 g/mol.